The molecule has 1 rings (SSSR count). The summed E-state index contributed by atoms with van der Waals surface area (Å²) in [6.45, 7) is 8.72. The lowest BCUT2D eigenvalue weighted by atomic mass is 10.0. The fourth-order valence-electron chi connectivity index (χ4n) is 1.54. The highest BCUT2D eigenvalue weighted by Crippen LogP contribution is 2.17. The van der Waals surface area contributed by atoms with E-state index in [9.17, 15) is 0 Å². The molecule has 0 aliphatic carbocycles. The summed E-state index contributed by atoms with van der Waals surface area (Å²) >= 11 is 5.93. The molecule has 96 valence electrons. The minimum atomic E-state index is 0.260. The van der Waals surface area contributed by atoms with E-state index in [1.165, 1.54) is 0 Å². The highest BCUT2D eigenvalue weighted by molar-refractivity contribution is 6.30. The summed E-state index contributed by atoms with van der Waals surface area (Å²) < 4.78 is 0. The highest BCUT2D eigenvalue weighted by Gasteiger charge is 2.19. The molecule has 2 nitrogen and oxygen atoms in total. The standard InChI is InChI=1S/C14H23ClN2/c1-5-14(2,3)17(4)10-9-16-13-8-6-7-12(15)11-13/h6-8,11,16H,5,9-10H2,1-4H3. The molecule has 0 saturated heterocycles. The minimum Gasteiger partial charge on any atom is -0.384 e. The zero-order valence-electron chi connectivity index (χ0n) is 11.3. The first-order chi connectivity index (χ1) is 7.95. The Labute approximate surface area is 110 Å². The lowest BCUT2D eigenvalue weighted by molar-refractivity contribution is 0.157. The third-order valence-electron chi connectivity index (χ3n) is 3.50. The molecule has 0 unspecified atom stereocenters. The van der Waals surface area contributed by atoms with Gasteiger partial charge in [-0.3, -0.25) is 4.90 Å². The Balaban J connectivity index is 2.38. The fraction of sp³-hybridized carbons (Fsp3) is 0.571. The molecule has 0 aliphatic rings. The molecule has 0 heterocycles. The number of likely N-dealkylation sites (N-methyl/N-ethyl adjacent to an activating group) is 1. The van der Waals surface area contributed by atoms with Crippen molar-refractivity contribution < 1.29 is 0 Å². The largest absolute Gasteiger partial charge is 0.384 e. The Morgan fingerprint density at radius 2 is 2.06 bits per heavy atom. The molecule has 0 saturated carbocycles. The van der Waals surface area contributed by atoms with Crippen LogP contribution in [0.15, 0.2) is 24.3 Å². The van der Waals surface area contributed by atoms with E-state index in [-0.39, 0.29) is 5.54 Å². The first-order valence-electron chi connectivity index (χ1n) is 6.16. The molecular formula is C14H23ClN2. The second kappa shape index (κ2) is 6.27. The molecule has 0 fully saturated rings. The van der Waals surface area contributed by atoms with E-state index in [4.69, 9.17) is 11.6 Å². The first-order valence-corrected chi connectivity index (χ1v) is 6.54. The van der Waals surface area contributed by atoms with E-state index >= 15 is 0 Å². The van der Waals surface area contributed by atoms with Crippen molar-refractivity contribution in [2.45, 2.75) is 32.7 Å². The van der Waals surface area contributed by atoms with Crippen LogP contribution in [0, 0.1) is 0 Å². The van der Waals surface area contributed by atoms with Crippen LogP contribution in [0.1, 0.15) is 27.2 Å². The average molecular weight is 255 g/mol. The van der Waals surface area contributed by atoms with Crippen LogP contribution >= 0.6 is 11.6 Å². The molecule has 1 aromatic rings. The summed E-state index contributed by atoms with van der Waals surface area (Å²) in [6, 6.07) is 7.84. The number of hydrogen-bond donors (Lipinski definition) is 1. The predicted molar refractivity (Wildman–Crippen MR) is 76.9 cm³/mol. The van der Waals surface area contributed by atoms with Crippen LogP contribution < -0.4 is 5.32 Å². The van der Waals surface area contributed by atoms with Gasteiger partial charge in [0.2, 0.25) is 0 Å². The van der Waals surface area contributed by atoms with Crippen LogP contribution in [-0.4, -0.2) is 30.6 Å². The summed E-state index contributed by atoms with van der Waals surface area (Å²) in [4.78, 5) is 2.38. The van der Waals surface area contributed by atoms with Crippen LogP contribution in [-0.2, 0) is 0 Å². The number of halogens is 1. The molecule has 0 radical (unpaired) electrons. The van der Waals surface area contributed by atoms with E-state index < -0.39 is 0 Å². The molecule has 0 aliphatic heterocycles. The minimum absolute atomic E-state index is 0.260. The van der Waals surface area contributed by atoms with Gasteiger partial charge in [-0.05, 0) is 45.5 Å². The van der Waals surface area contributed by atoms with Crippen molar-refractivity contribution in [3.05, 3.63) is 29.3 Å². The number of nitrogens with zero attached hydrogens (tertiary/aromatic N) is 1. The highest BCUT2D eigenvalue weighted by atomic mass is 35.5. The second-order valence-electron chi connectivity index (χ2n) is 5.02. The maximum Gasteiger partial charge on any atom is 0.0426 e. The van der Waals surface area contributed by atoms with Gasteiger partial charge < -0.3 is 5.32 Å². The van der Waals surface area contributed by atoms with Crippen molar-refractivity contribution in [3.8, 4) is 0 Å². The summed E-state index contributed by atoms with van der Waals surface area (Å²) in [5.41, 5.74) is 1.34. The summed E-state index contributed by atoms with van der Waals surface area (Å²) in [7, 11) is 2.17. The fourth-order valence-corrected chi connectivity index (χ4v) is 1.73. The smallest absolute Gasteiger partial charge is 0.0426 e. The number of benzene rings is 1. The molecule has 3 heteroatoms. The summed E-state index contributed by atoms with van der Waals surface area (Å²) in [5.74, 6) is 0. The number of hydrogen-bond acceptors (Lipinski definition) is 2. The van der Waals surface area contributed by atoms with Gasteiger partial charge in [0.15, 0.2) is 0 Å². The average Bonchev–Trinajstić information content (AvgIpc) is 2.29. The van der Waals surface area contributed by atoms with Gasteiger partial charge in [-0.2, -0.15) is 0 Å². The van der Waals surface area contributed by atoms with E-state index in [1.807, 2.05) is 24.3 Å². The predicted octanol–water partition coefficient (Wildman–Crippen LogP) is 3.87. The maximum atomic E-state index is 5.93. The van der Waals surface area contributed by atoms with Crippen molar-refractivity contribution in [2.75, 3.05) is 25.5 Å². The zero-order chi connectivity index (χ0) is 12.9. The van der Waals surface area contributed by atoms with Crippen LogP contribution in [0.5, 0.6) is 0 Å². The molecule has 17 heavy (non-hydrogen) atoms. The topological polar surface area (TPSA) is 15.3 Å². The SMILES string of the molecule is CCC(C)(C)N(C)CCNc1cccc(Cl)c1. The van der Waals surface area contributed by atoms with Crippen LogP contribution in [0.25, 0.3) is 0 Å². The maximum absolute atomic E-state index is 5.93. The molecule has 0 atom stereocenters. The Hall–Kier alpha value is -0.730. The van der Waals surface area contributed by atoms with Crippen molar-refractivity contribution >= 4 is 17.3 Å². The monoisotopic (exact) mass is 254 g/mol. The molecule has 0 aromatic heterocycles. The van der Waals surface area contributed by atoms with Gasteiger partial charge in [-0.25, -0.2) is 0 Å². The summed E-state index contributed by atoms with van der Waals surface area (Å²) in [5, 5.41) is 4.16. The van der Waals surface area contributed by atoms with Crippen LogP contribution in [0.2, 0.25) is 5.02 Å². The second-order valence-corrected chi connectivity index (χ2v) is 5.46. The molecule has 0 bridgehead atoms. The molecule has 1 aromatic carbocycles. The van der Waals surface area contributed by atoms with Gasteiger partial charge in [0.1, 0.15) is 0 Å². The Morgan fingerprint density at radius 3 is 2.65 bits per heavy atom. The van der Waals surface area contributed by atoms with Crippen molar-refractivity contribution in [3.63, 3.8) is 0 Å². The Kier molecular flexibility index (Phi) is 5.29. The Morgan fingerprint density at radius 1 is 1.35 bits per heavy atom. The van der Waals surface area contributed by atoms with Gasteiger partial charge in [-0.15, -0.1) is 0 Å². The molecule has 1 N–H and O–H groups in total. The van der Waals surface area contributed by atoms with Gasteiger partial charge >= 0.3 is 0 Å². The third-order valence-corrected chi connectivity index (χ3v) is 3.73. The molecule has 0 amide bonds. The number of anilines is 1. The van der Waals surface area contributed by atoms with Gasteiger partial charge in [0.05, 0.1) is 0 Å². The number of rotatable bonds is 6. The quantitative estimate of drug-likeness (QED) is 0.829. The zero-order valence-corrected chi connectivity index (χ0v) is 12.0. The lowest BCUT2D eigenvalue weighted by Gasteiger charge is -2.34. The van der Waals surface area contributed by atoms with Crippen molar-refractivity contribution in [1.82, 2.24) is 4.90 Å². The lowest BCUT2D eigenvalue weighted by Crippen LogP contribution is -2.42. The van der Waals surface area contributed by atoms with Crippen LogP contribution in [0.3, 0.4) is 0 Å². The van der Waals surface area contributed by atoms with E-state index in [0.717, 1.165) is 30.2 Å². The van der Waals surface area contributed by atoms with Gasteiger partial charge in [0, 0.05) is 29.3 Å². The van der Waals surface area contributed by atoms with E-state index in [2.05, 4.69) is 38.0 Å². The van der Waals surface area contributed by atoms with Crippen molar-refractivity contribution in [2.24, 2.45) is 0 Å². The molecule has 0 spiro atoms. The summed E-state index contributed by atoms with van der Waals surface area (Å²) in [6.07, 6.45) is 1.15. The molecular weight excluding hydrogens is 232 g/mol. The van der Waals surface area contributed by atoms with Gasteiger partial charge in [-0.1, -0.05) is 24.6 Å². The normalized spacial score (nSPS) is 11.9. The van der Waals surface area contributed by atoms with E-state index in [1.54, 1.807) is 0 Å². The third kappa shape index (κ3) is 4.57. The first kappa shape index (κ1) is 14.3. The van der Waals surface area contributed by atoms with Crippen molar-refractivity contribution in [1.29, 1.82) is 0 Å². The van der Waals surface area contributed by atoms with Crippen LogP contribution in [0.4, 0.5) is 5.69 Å². The Bertz CT molecular complexity index is 350. The van der Waals surface area contributed by atoms with E-state index in [0.29, 0.717) is 0 Å². The van der Waals surface area contributed by atoms with Gasteiger partial charge in [0.25, 0.3) is 0 Å². The number of nitrogens with one attached hydrogen (secondary N) is 1.